The van der Waals surface area contributed by atoms with Gasteiger partial charge in [0.1, 0.15) is 5.82 Å². The van der Waals surface area contributed by atoms with Gasteiger partial charge in [-0.2, -0.15) is 0 Å². The van der Waals surface area contributed by atoms with Crippen LogP contribution in [0.3, 0.4) is 0 Å². The first-order valence-corrected chi connectivity index (χ1v) is 6.81. The van der Waals surface area contributed by atoms with Gasteiger partial charge in [-0.15, -0.1) is 11.6 Å². The summed E-state index contributed by atoms with van der Waals surface area (Å²) < 4.78 is 13.7. The fraction of sp³-hybridized carbons (Fsp3) is 0.462. The maximum Gasteiger partial charge on any atom is 0.272 e. The van der Waals surface area contributed by atoms with Crippen molar-refractivity contribution < 1.29 is 14.1 Å². The highest BCUT2D eigenvalue weighted by Gasteiger charge is 2.26. The molecule has 2 rings (SSSR count). The molecular formula is C13H14ClFN2O3. The van der Waals surface area contributed by atoms with E-state index < -0.39 is 16.6 Å². The molecule has 7 heteroatoms. The molecule has 2 atom stereocenters. The second-order valence-electron chi connectivity index (χ2n) is 4.80. The minimum Gasteiger partial charge on any atom is -0.348 e. The lowest BCUT2D eigenvalue weighted by molar-refractivity contribution is -0.385. The SMILES string of the molecule is O=C(NC1CCCCC1Cl)c1ccc([N+](=O)[O-])cc1F. The Balaban J connectivity index is 2.11. The van der Waals surface area contributed by atoms with E-state index in [0.29, 0.717) is 0 Å². The van der Waals surface area contributed by atoms with Crippen LogP contribution in [0.15, 0.2) is 18.2 Å². The van der Waals surface area contributed by atoms with Gasteiger partial charge in [-0.1, -0.05) is 12.8 Å². The molecule has 0 bridgehead atoms. The number of alkyl halides is 1. The molecule has 5 nitrogen and oxygen atoms in total. The zero-order valence-electron chi connectivity index (χ0n) is 10.6. The molecule has 0 spiro atoms. The van der Waals surface area contributed by atoms with Crippen molar-refractivity contribution >= 4 is 23.2 Å². The fourth-order valence-corrected chi connectivity index (χ4v) is 2.64. The number of hydrogen-bond acceptors (Lipinski definition) is 3. The van der Waals surface area contributed by atoms with Gasteiger partial charge in [0.2, 0.25) is 0 Å². The van der Waals surface area contributed by atoms with E-state index in [0.717, 1.165) is 43.9 Å². The zero-order chi connectivity index (χ0) is 14.7. The Hall–Kier alpha value is -1.69. The number of nitrogens with one attached hydrogen (secondary N) is 1. The number of benzene rings is 1. The number of non-ortho nitro benzene ring substituents is 1. The summed E-state index contributed by atoms with van der Waals surface area (Å²) >= 11 is 6.12. The highest BCUT2D eigenvalue weighted by molar-refractivity contribution is 6.21. The molecule has 0 saturated heterocycles. The van der Waals surface area contributed by atoms with Crippen molar-refractivity contribution in [1.82, 2.24) is 5.32 Å². The quantitative estimate of drug-likeness (QED) is 0.530. The average molecular weight is 301 g/mol. The fourth-order valence-electron chi connectivity index (χ4n) is 2.30. The van der Waals surface area contributed by atoms with Crippen LogP contribution in [0.5, 0.6) is 0 Å². The molecule has 2 unspecified atom stereocenters. The second kappa shape index (κ2) is 6.17. The van der Waals surface area contributed by atoms with E-state index in [9.17, 15) is 19.3 Å². The second-order valence-corrected chi connectivity index (χ2v) is 5.36. The number of hydrogen-bond donors (Lipinski definition) is 1. The number of nitro benzene ring substituents is 1. The van der Waals surface area contributed by atoms with Crippen LogP contribution < -0.4 is 5.32 Å². The number of carbonyl (C=O) groups excluding carboxylic acids is 1. The van der Waals surface area contributed by atoms with Crippen molar-refractivity contribution in [3.63, 3.8) is 0 Å². The highest BCUT2D eigenvalue weighted by Crippen LogP contribution is 2.24. The minimum absolute atomic E-state index is 0.159. The van der Waals surface area contributed by atoms with Crippen LogP contribution in [-0.4, -0.2) is 22.2 Å². The Morgan fingerprint density at radius 1 is 1.40 bits per heavy atom. The summed E-state index contributed by atoms with van der Waals surface area (Å²) in [7, 11) is 0. The Morgan fingerprint density at radius 3 is 2.70 bits per heavy atom. The van der Waals surface area contributed by atoms with Crippen molar-refractivity contribution in [2.75, 3.05) is 0 Å². The molecule has 0 heterocycles. The van der Waals surface area contributed by atoms with Crippen LogP contribution in [-0.2, 0) is 0 Å². The standard InChI is InChI=1S/C13H14ClFN2O3/c14-10-3-1-2-4-12(10)16-13(18)9-6-5-8(17(19)20)7-11(9)15/h5-7,10,12H,1-4H2,(H,16,18). The molecule has 1 aliphatic carbocycles. The van der Waals surface area contributed by atoms with E-state index in [1.165, 1.54) is 0 Å². The van der Waals surface area contributed by atoms with Crippen LogP contribution >= 0.6 is 11.6 Å². The van der Waals surface area contributed by atoms with Gasteiger partial charge in [0, 0.05) is 12.1 Å². The third-order valence-corrected chi connectivity index (χ3v) is 3.93. The first kappa shape index (κ1) is 14.7. The van der Waals surface area contributed by atoms with Gasteiger partial charge in [-0.25, -0.2) is 4.39 Å². The largest absolute Gasteiger partial charge is 0.348 e. The molecule has 1 aromatic carbocycles. The molecule has 108 valence electrons. The smallest absolute Gasteiger partial charge is 0.272 e. The molecule has 1 aromatic rings. The van der Waals surface area contributed by atoms with E-state index in [4.69, 9.17) is 11.6 Å². The first-order valence-electron chi connectivity index (χ1n) is 6.38. The lowest BCUT2D eigenvalue weighted by Gasteiger charge is -2.27. The summed E-state index contributed by atoms with van der Waals surface area (Å²) in [5.41, 5.74) is -0.586. The molecular weight excluding hydrogens is 287 g/mol. The summed E-state index contributed by atoms with van der Waals surface area (Å²) in [5, 5.41) is 13.1. The molecule has 1 amide bonds. The van der Waals surface area contributed by atoms with E-state index in [1.807, 2.05) is 0 Å². The van der Waals surface area contributed by atoms with Gasteiger partial charge in [0.15, 0.2) is 0 Å². The minimum atomic E-state index is -0.904. The molecule has 1 aliphatic rings. The van der Waals surface area contributed by atoms with Crippen molar-refractivity contribution in [2.45, 2.75) is 37.1 Å². The number of amides is 1. The summed E-state index contributed by atoms with van der Waals surface area (Å²) in [6.45, 7) is 0. The van der Waals surface area contributed by atoms with E-state index in [1.54, 1.807) is 0 Å². The van der Waals surface area contributed by atoms with Crippen LogP contribution in [0, 0.1) is 15.9 Å². The molecule has 1 fully saturated rings. The van der Waals surface area contributed by atoms with Gasteiger partial charge in [-0.05, 0) is 18.9 Å². The summed E-state index contributed by atoms with van der Waals surface area (Å²) in [6.07, 6.45) is 3.56. The van der Waals surface area contributed by atoms with E-state index in [-0.39, 0.29) is 22.7 Å². The summed E-state index contributed by atoms with van der Waals surface area (Å²) in [6, 6.07) is 2.78. The maximum atomic E-state index is 13.7. The molecule has 1 N–H and O–H groups in total. The van der Waals surface area contributed by atoms with E-state index >= 15 is 0 Å². The van der Waals surface area contributed by atoms with Crippen molar-refractivity contribution in [3.8, 4) is 0 Å². The molecule has 0 radical (unpaired) electrons. The number of nitro groups is 1. The Kier molecular flexibility index (Phi) is 4.54. The molecule has 0 aliphatic heterocycles. The molecule has 1 saturated carbocycles. The Bertz CT molecular complexity index is 538. The predicted octanol–water partition coefficient (Wildman–Crippen LogP) is 3.01. The third-order valence-electron chi connectivity index (χ3n) is 3.41. The van der Waals surface area contributed by atoms with Crippen molar-refractivity contribution in [2.24, 2.45) is 0 Å². The van der Waals surface area contributed by atoms with Crippen LogP contribution in [0.25, 0.3) is 0 Å². The van der Waals surface area contributed by atoms with Gasteiger partial charge < -0.3 is 5.32 Å². The van der Waals surface area contributed by atoms with Gasteiger partial charge >= 0.3 is 0 Å². The average Bonchev–Trinajstić information content (AvgIpc) is 2.41. The molecule has 20 heavy (non-hydrogen) atoms. The topological polar surface area (TPSA) is 72.2 Å². The van der Waals surface area contributed by atoms with Gasteiger partial charge in [0.05, 0.1) is 21.9 Å². The number of rotatable bonds is 3. The van der Waals surface area contributed by atoms with Gasteiger partial charge in [-0.3, -0.25) is 14.9 Å². The van der Waals surface area contributed by atoms with Crippen molar-refractivity contribution in [1.29, 1.82) is 0 Å². The predicted molar refractivity (Wildman–Crippen MR) is 72.4 cm³/mol. The third kappa shape index (κ3) is 3.25. The maximum absolute atomic E-state index is 13.7. The number of halogens is 2. The number of carbonyl (C=O) groups is 1. The van der Waals surface area contributed by atoms with Crippen LogP contribution in [0.1, 0.15) is 36.0 Å². The Morgan fingerprint density at radius 2 is 2.10 bits per heavy atom. The molecule has 0 aromatic heterocycles. The Labute approximate surface area is 120 Å². The zero-order valence-corrected chi connectivity index (χ0v) is 11.4. The summed E-state index contributed by atoms with van der Waals surface area (Å²) in [4.78, 5) is 21.8. The van der Waals surface area contributed by atoms with Crippen molar-refractivity contribution in [3.05, 3.63) is 39.7 Å². The highest BCUT2D eigenvalue weighted by atomic mass is 35.5. The lowest BCUT2D eigenvalue weighted by Crippen LogP contribution is -2.43. The number of nitrogens with zero attached hydrogens (tertiary/aromatic N) is 1. The van der Waals surface area contributed by atoms with Gasteiger partial charge in [0.25, 0.3) is 11.6 Å². The van der Waals surface area contributed by atoms with Crippen LogP contribution in [0.4, 0.5) is 10.1 Å². The van der Waals surface area contributed by atoms with E-state index in [2.05, 4.69) is 5.32 Å². The van der Waals surface area contributed by atoms with Crippen LogP contribution in [0.2, 0.25) is 0 Å². The summed E-state index contributed by atoms with van der Waals surface area (Å²) in [5.74, 6) is -1.49. The normalized spacial score (nSPS) is 22.3. The first-order chi connectivity index (χ1) is 9.49. The lowest BCUT2D eigenvalue weighted by atomic mass is 9.94. The monoisotopic (exact) mass is 300 g/mol.